The molecule has 0 heterocycles. The lowest BCUT2D eigenvalue weighted by Gasteiger charge is -2.27. The topological polar surface area (TPSA) is 61.1 Å². The van der Waals surface area contributed by atoms with Crippen LogP contribution in [0.15, 0.2) is 10.6 Å². The summed E-state index contributed by atoms with van der Waals surface area (Å²) in [5.41, 5.74) is -0.346. The molecule has 0 aromatic heterocycles. The number of allylic oxidation sites excluding steroid dienone is 2. The largest absolute Gasteiger partial charge is 0.481 e. The standard InChI is InChI=1S/C10H14BrNO2/c1-7(9(13)14)10(2,3)5-4-8(11)6-12/h4,7H,5H2,1-3H3,(H,13,14)/b8-4+. The van der Waals surface area contributed by atoms with Crippen molar-refractivity contribution < 1.29 is 9.90 Å². The number of carboxylic acids is 1. The van der Waals surface area contributed by atoms with Gasteiger partial charge >= 0.3 is 5.97 Å². The smallest absolute Gasteiger partial charge is 0.306 e. The van der Waals surface area contributed by atoms with E-state index in [4.69, 9.17) is 10.4 Å². The number of halogens is 1. The summed E-state index contributed by atoms with van der Waals surface area (Å²) in [5, 5.41) is 17.3. The molecule has 0 bridgehead atoms. The van der Waals surface area contributed by atoms with Gasteiger partial charge in [-0.05, 0) is 27.8 Å². The molecule has 0 saturated carbocycles. The molecular weight excluding hydrogens is 246 g/mol. The molecule has 14 heavy (non-hydrogen) atoms. The number of carbonyl (C=O) groups is 1. The maximum atomic E-state index is 10.8. The molecule has 3 nitrogen and oxygen atoms in total. The van der Waals surface area contributed by atoms with E-state index in [1.165, 1.54) is 0 Å². The van der Waals surface area contributed by atoms with Gasteiger partial charge in [-0.2, -0.15) is 5.26 Å². The lowest BCUT2D eigenvalue weighted by Crippen LogP contribution is -2.27. The Kier molecular flexibility index (Phi) is 4.86. The molecule has 0 aliphatic heterocycles. The Balaban J connectivity index is 4.51. The van der Waals surface area contributed by atoms with Crippen LogP contribution in [0.3, 0.4) is 0 Å². The van der Waals surface area contributed by atoms with E-state index in [2.05, 4.69) is 15.9 Å². The second-order valence-electron chi connectivity index (χ2n) is 3.92. The van der Waals surface area contributed by atoms with Gasteiger partial charge in [-0.15, -0.1) is 0 Å². The van der Waals surface area contributed by atoms with Crippen LogP contribution in [0.2, 0.25) is 0 Å². The van der Waals surface area contributed by atoms with Crippen LogP contribution < -0.4 is 0 Å². The van der Waals surface area contributed by atoms with Gasteiger partial charge in [0.05, 0.1) is 10.4 Å². The maximum Gasteiger partial charge on any atom is 0.306 e. The van der Waals surface area contributed by atoms with Crippen LogP contribution in [0.4, 0.5) is 0 Å². The lowest BCUT2D eigenvalue weighted by molar-refractivity contribution is -0.144. The van der Waals surface area contributed by atoms with Crippen LogP contribution in [0, 0.1) is 22.7 Å². The number of hydrogen-bond acceptors (Lipinski definition) is 2. The van der Waals surface area contributed by atoms with Gasteiger partial charge in [-0.3, -0.25) is 4.79 Å². The van der Waals surface area contributed by atoms with E-state index in [0.717, 1.165) is 0 Å². The van der Waals surface area contributed by atoms with Crippen molar-refractivity contribution >= 4 is 21.9 Å². The number of nitriles is 1. The molecule has 0 aliphatic carbocycles. The number of nitrogens with zero attached hydrogens (tertiary/aromatic N) is 1. The van der Waals surface area contributed by atoms with Crippen molar-refractivity contribution in [2.24, 2.45) is 11.3 Å². The molecule has 1 atom stereocenters. The number of hydrogen-bond donors (Lipinski definition) is 1. The zero-order valence-corrected chi connectivity index (χ0v) is 10.1. The van der Waals surface area contributed by atoms with Gasteiger partial charge in [-0.25, -0.2) is 0 Å². The summed E-state index contributed by atoms with van der Waals surface area (Å²) in [5.74, 6) is -1.24. The Morgan fingerprint density at radius 1 is 1.71 bits per heavy atom. The van der Waals surface area contributed by atoms with Gasteiger partial charge in [0.1, 0.15) is 6.07 Å². The van der Waals surface area contributed by atoms with Crippen molar-refractivity contribution in [3.63, 3.8) is 0 Å². The predicted molar refractivity (Wildman–Crippen MR) is 57.8 cm³/mol. The Morgan fingerprint density at radius 2 is 2.21 bits per heavy atom. The SMILES string of the molecule is CC(C(=O)O)C(C)(C)C/C=C(/Br)C#N. The monoisotopic (exact) mass is 259 g/mol. The average molecular weight is 260 g/mol. The van der Waals surface area contributed by atoms with Crippen molar-refractivity contribution in [3.05, 3.63) is 10.6 Å². The third-order valence-electron chi connectivity index (χ3n) is 2.46. The van der Waals surface area contributed by atoms with Gasteiger partial charge in [0.25, 0.3) is 0 Å². The van der Waals surface area contributed by atoms with Gasteiger partial charge in [-0.1, -0.05) is 26.8 Å². The molecule has 1 unspecified atom stereocenters. The van der Waals surface area contributed by atoms with Crippen molar-refractivity contribution in [1.29, 1.82) is 5.26 Å². The molecule has 78 valence electrons. The Morgan fingerprint density at radius 3 is 2.57 bits per heavy atom. The third-order valence-corrected chi connectivity index (χ3v) is 2.96. The highest BCUT2D eigenvalue weighted by atomic mass is 79.9. The quantitative estimate of drug-likeness (QED) is 0.790. The second-order valence-corrected chi connectivity index (χ2v) is 4.77. The van der Waals surface area contributed by atoms with Crippen molar-refractivity contribution in [3.8, 4) is 6.07 Å². The molecule has 0 rings (SSSR count). The molecular formula is C10H14BrNO2. The number of carboxylic acid groups (broad SMARTS) is 1. The Hall–Kier alpha value is -0.820. The van der Waals surface area contributed by atoms with Crippen LogP contribution in [0.5, 0.6) is 0 Å². The summed E-state index contributed by atoms with van der Waals surface area (Å²) in [6.45, 7) is 5.43. The molecule has 0 aromatic carbocycles. The summed E-state index contributed by atoms with van der Waals surface area (Å²) in [6.07, 6.45) is 2.27. The molecule has 0 radical (unpaired) electrons. The molecule has 0 spiro atoms. The first-order valence-electron chi connectivity index (χ1n) is 4.30. The van der Waals surface area contributed by atoms with E-state index in [1.807, 2.05) is 19.9 Å². The van der Waals surface area contributed by atoms with E-state index in [9.17, 15) is 4.79 Å². The molecule has 0 aliphatic rings. The second kappa shape index (κ2) is 5.16. The number of rotatable bonds is 4. The molecule has 0 aromatic rings. The average Bonchev–Trinajstić information content (AvgIpc) is 2.12. The minimum Gasteiger partial charge on any atom is -0.481 e. The fraction of sp³-hybridized carbons (Fsp3) is 0.600. The van der Waals surface area contributed by atoms with Crippen molar-refractivity contribution in [2.75, 3.05) is 0 Å². The first-order chi connectivity index (χ1) is 6.31. The van der Waals surface area contributed by atoms with Gasteiger partial charge in [0.15, 0.2) is 0 Å². The summed E-state index contributed by atoms with van der Waals surface area (Å²) >= 11 is 3.07. The Labute approximate surface area is 92.6 Å². The minimum atomic E-state index is -0.809. The summed E-state index contributed by atoms with van der Waals surface area (Å²) in [4.78, 5) is 10.8. The zero-order chi connectivity index (χ0) is 11.4. The van der Waals surface area contributed by atoms with Gasteiger partial charge in [0, 0.05) is 0 Å². The van der Waals surface area contributed by atoms with E-state index in [0.29, 0.717) is 10.9 Å². The minimum absolute atomic E-state index is 0.346. The van der Waals surface area contributed by atoms with Crippen LogP contribution in [0.25, 0.3) is 0 Å². The molecule has 1 N–H and O–H groups in total. The lowest BCUT2D eigenvalue weighted by atomic mass is 9.77. The van der Waals surface area contributed by atoms with Crippen LogP contribution >= 0.6 is 15.9 Å². The van der Waals surface area contributed by atoms with Crippen molar-refractivity contribution in [1.82, 2.24) is 0 Å². The summed E-state index contributed by atoms with van der Waals surface area (Å²) < 4.78 is 0.447. The van der Waals surface area contributed by atoms with Crippen LogP contribution in [-0.2, 0) is 4.79 Å². The Bertz CT molecular complexity index is 289. The van der Waals surface area contributed by atoms with Crippen LogP contribution in [0.1, 0.15) is 27.2 Å². The van der Waals surface area contributed by atoms with E-state index >= 15 is 0 Å². The molecule has 0 fully saturated rings. The zero-order valence-electron chi connectivity index (χ0n) is 8.54. The van der Waals surface area contributed by atoms with Crippen LogP contribution in [-0.4, -0.2) is 11.1 Å². The first-order valence-corrected chi connectivity index (χ1v) is 5.09. The highest BCUT2D eigenvalue weighted by molar-refractivity contribution is 9.12. The number of aliphatic carboxylic acids is 1. The first kappa shape index (κ1) is 13.2. The summed E-state index contributed by atoms with van der Waals surface area (Å²) in [6, 6.07) is 1.94. The fourth-order valence-corrected chi connectivity index (χ4v) is 1.07. The molecule has 0 saturated heterocycles. The third kappa shape index (κ3) is 3.93. The van der Waals surface area contributed by atoms with E-state index in [1.54, 1.807) is 13.0 Å². The molecule has 0 amide bonds. The molecule has 4 heteroatoms. The predicted octanol–water partition coefficient (Wildman–Crippen LogP) is 2.93. The van der Waals surface area contributed by atoms with Crippen molar-refractivity contribution in [2.45, 2.75) is 27.2 Å². The van der Waals surface area contributed by atoms with Gasteiger partial charge < -0.3 is 5.11 Å². The summed E-state index contributed by atoms with van der Waals surface area (Å²) in [7, 11) is 0. The van der Waals surface area contributed by atoms with Gasteiger partial charge in [0.2, 0.25) is 0 Å². The maximum absolute atomic E-state index is 10.8. The normalized spacial score (nSPS) is 14.6. The fourth-order valence-electron chi connectivity index (χ4n) is 0.909. The van der Waals surface area contributed by atoms with E-state index < -0.39 is 11.9 Å². The highest BCUT2D eigenvalue weighted by Gasteiger charge is 2.30. The highest BCUT2D eigenvalue weighted by Crippen LogP contribution is 2.31. The van der Waals surface area contributed by atoms with E-state index in [-0.39, 0.29) is 5.41 Å².